The van der Waals surface area contributed by atoms with Gasteiger partial charge in [-0.05, 0) is 12.1 Å². The molecule has 2 aromatic heterocycles. The number of anilines is 1. The molecule has 1 aromatic carbocycles. The zero-order chi connectivity index (χ0) is 11.0. The van der Waals surface area contributed by atoms with Gasteiger partial charge >= 0.3 is 0 Å². The number of hydrogen-bond acceptors (Lipinski definition) is 4. The maximum Gasteiger partial charge on any atom is 0.201 e. The normalized spacial score (nSPS) is 11.3. The average molecular weight is 217 g/mol. The number of aromatic amines is 2. The lowest BCUT2D eigenvalue weighted by molar-refractivity contribution is 0.311. The summed E-state index contributed by atoms with van der Waals surface area (Å²) < 4.78 is 0. The molecule has 0 radical (unpaired) electrons. The van der Waals surface area contributed by atoms with E-state index in [9.17, 15) is 0 Å². The van der Waals surface area contributed by atoms with Crippen LogP contribution in [0, 0.1) is 0 Å². The molecule has 3 rings (SSSR count). The molecule has 82 valence electrons. The molecule has 0 spiro atoms. The molecule has 0 aliphatic heterocycles. The summed E-state index contributed by atoms with van der Waals surface area (Å²) in [6.07, 6.45) is 1.66. The van der Waals surface area contributed by atoms with Crippen molar-refractivity contribution in [1.82, 2.24) is 19.9 Å². The molecular weight excluding hydrogens is 206 g/mol. The van der Waals surface area contributed by atoms with Crippen molar-refractivity contribution in [3.05, 3.63) is 18.5 Å². The number of rotatable bonds is 3. The van der Waals surface area contributed by atoms with Crippen molar-refractivity contribution < 1.29 is 5.11 Å². The largest absolute Gasteiger partial charge is 0.395 e. The second kappa shape index (κ2) is 3.49. The van der Waals surface area contributed by atoms with E-state index in [1.807, 2.05) is 12.1 Å². The fourth-order valence-electron chi connectivity index (χ4n) is 1.70. The van der Waals surface area contributed by atoms with Crippen molar-refractivity contribution in [2.24, 2.45) is 0 Å². The maximum atomic E-state index is 8.70. The first-order valence-electron chi connectivity index (χ1n) is 5.04. The lowest BCUT2D eigenvalue weighted by Crippen LogP contribution is -2.06. The quantitative estimate of drug-likeness (QED) is 0.523. The summed E-state index contributed by atoms with van der Waals surface area (Å²) in [5.74, 6) is 0.664. The molecule has 16 heavy (non-hydrogen) atoms. The van der Waals surface area contributed by atoms with E-state index in [1.54, 1.807) is 6.33 Å². The fraction of sp³-hybridized carbons (Fsp3) is 0.200. The smallest absolute Gasteiger partial charge is 0.201 e. The molecule has 0 saturated heterocycles. The highest BCUT2D eigenvalue weighted by Crippen LogP contribution is 2.19. The van der Waals surface area contributed by atoms with E-state index in [-0.39, 0.29) is 6.61 Å². The third kappa shape index (κ3) is 1.40. The Morgan fingerprint density at radius 2 is 2.19 bits per heavy atom. The number of H-pyrrole nitrogens is 2. The first kappa shape index (κ1) is 9.17. The van der Waals surface area contributed by atoms with Crippen molar-refractivity contribution in [2.75, 3.05) is 18.5 Å². The minimum Gasteiger partial charge on any atom is -0.395 e. The van der Waals surface area contributed by atoms with Gasteiger partial charge in [0.25, 0.3) is 0 Å². The van der Waals surface area contributed by atoms with Crippen LogP contribution in [0.5, 0.6) is 0 Å². The van der Waals surface area contributed by atoms with Crippen LogP contribution in [0.4, 0.5) is 5.95 Å². The Balaban J connectivity index is 2.09. The summed E-state index contributed by atoms with van der Waals surface area (Å²) in [6.45, 7) is 0.565. The molecule has 0 fully saturated rings. The van der Waals surface area contributed by atoms with E-state index < -0.39 is 0 Å². The van der Waals surface area contributed by atoms with Crippen LogP contribution < -0.4 is 5.32 Å². The second-order valence-electron chi connectivity index (χ2n) is 3.52. The van der Waals surface area contributed by atoms with Gasteiger partial charge in [-0.2, -0.15) is 0 Å². The molecule has 0 atom stereocenters. The van der Waals surface area contributed by atoms with Crippen molar-refractivity contribution in [1.29, 1.82) is 0 Å². The van der Waals surface area contributed by atoms with Gasteiger partial charge < -0.3 is 20.4 Å². The summed E-state index contributed by atoms with van der Waals surface area (Å²) in [5, 5.41) is 11.7. The number of aromatic nitrogens is 4. The molecule has 0 bridgehead atoms. The van der Waals surface area contributed by atoms with E-state index in [1.165, 1.54) is 0 Å². The van der Waals surface area contributed by atoms with Crippen molar-refractivity contribution in [3.8, 4) is 0 Å². The number of aliphatic hydroxyl groups is 1. The van der Waals surface area contributed by atoms with Crippen LogP contribution in [0.1, 0.15) is 0 Å². The molecule has 2 heterocycles. The molecule has 6 nitrogen and oxygen atoms in total. The Morgan fingerprint density at radius 1 is 1.25 bits per heavy atom. The number of hydrogen-bond donors (Lipinski definition) is 4. The number of fused-ring (bicyclic) bond motifs is 2. The summed E-state index contributed by atoms with van der Waals surface area (Å²) in [5.41, 5.74) is 3.68. The van der Waals surface area contributed by atoms with Crippen LogP contribution in [0.25, 0.3) is 22.1 Å². The molecule has 6 heteroatoms. The molecule has 0 unspecified atom stereocenters. The van der Waals surface area contributed by atoms with Gasteiger partial charge in [-0.25, -0.2) is 9.97 Å². The van der Waals surface area contributed by atoms with Gasteiger partial charge in [-0.3, -0.25) is 0 Å². The molecule has 3 aromatic rings. The first-order valence-corrected chi connectivity index (χ1v) is 5.04. The Morgan fingerprint density at radius 3 is 3.06 bits per heavy atom. The predicted molar refractivity (Wildman–Crippen MR) is 61.3 cm³/mol. The second-order valence-corrected chi connectivity index (χ2v) is 3.52. The van der Waals surface area contributed by atoms with Crippen molar-refractivity contribution in [2.45, 2.75) is 0 Å². The maximum absolute atomic E-state index is 8.70. The van der Waals surface area contributed by atoms with Gasteiger partial charge in [-0.1, -0.05) is 0 Å². The topological polar surface area (TPSA) is 89.6 Å². The van der Waals surface area contributed by atoms with Crippen LogP contribution in [0.3, 0.4) is 0 Å². The monoisotopic (exact) mass is 217 g/mol. The molecule has 0 amide bonds. The van der Waals surface area contributed by atoms with Crippen LogP contribution in [-0.2, 0) is 0 Å². The summed E-state index contributed by atoms with van der Waals surface area (Å²) >= 11 is 0. The van der Waals surface area contributed by atoms with Crippen molar-refractivity contribution in [3.63, 3.8) is 0 Å². The Labute approximate surface area is 90.7 Å². The third-order valence-electron chi connectivity index (χ3n) is 2.43. The standard InChI is InChI=1S/C10H11N5O/c16-2-1-11-10-14-8-3-6-7(13-5-12-6)4-9(8)15-10/h3-5,16H,1-2H2,(H,12,13)(H2,11,14,15). The number of nitrogens with zero attached hydrogens (tertiary/aromatic N) is 2. The predicted octanol–water partition coefficient (Wildman–Crippen LogP) is 0.843. The molecule has 0 aliphatic carbocycles. The first-order chi connectivity index (χ1) is 7.86. The van der Waals surface area contributed by atoms with E-state index in [4.69, 9.17) is 5.11 Å². The van der Waals surface area contributed by atoms with E-state index in [0.717, 1.165) is 22.1 Å². The average Bonchev–Trinajstić information content (AvgIpc) is 2.87. The van der Waals surface area contributed by atoms with E-state index in [2.05, 4.69) is 25.3 Å². The summed E-state index contributed by atoms with van der Waals surface area (Å²) in [4.78, 5) is 14.7. The van der Waals surface area contributed by atoms with E-state index in [0.29, 0.717) is 12.5 Å². The van der Waals surface area contributed by atoms with Gasteiger partial charge in [0, 0.05) is 6.54 Å². The zero-order valence-electron chi connectivity index (χ0n) is 8.49. The molecule has 4 N–H and O–H groups in total. The molecule has 0 aliphatic rings. The van der Waals surface area contributed by atoms with Gasteiger partial charge in [0.2, 0.25) is 5.95 Å². The zero-order valence-corrected chi connectivity index (χ0v) is 8.49. The highest BCUT2D eigenvalue weighted by Gasteiger charge is 2.04. The minimum atomic E-state index is 0.0827. The van der Waals surface area contributed by atoms with Gasteiger partial charge in [0.1, 0.15) is 0 Å². The van der Waals surface area contributed by atoms with Crippen LogP contribution in [0.15, 0.2) is 18.5 Å². The van der Waals surface area contributed by atoms with Crippen LogP contribution >= 0.6 is 0 Å². The fourth-order valence-corrected chi connectivity index (χ4v) is 1.70. The Kier molecular flexibility index (Phi) is 2.00. The lowest BCUT2D eigenvalue weighted by atomic mass is 10.3. The third-order valence-corrected chi connectivity index (χ3v) is 2.43. The lowest BCUT2D eigenvalue weighted by Gasteiger charge is -1.96. The van der Waals surface area contributed by atoms with Crippen LogP contribution in [0.2, 0.25) is 0 Å². The Bertz CT molecular complexity index is 578. The summed E-state index contributed by atoms with van der Waals surface area (Å²) in [6, 6.07) is 3.89. The van der Waals surface area contributed by atoms with Gasteiger partial charge in [0.15, 0.2) is 0 Å². The number of aliphatic hydroxyl groups excluding tert-OH is 1. The van der Waals surface area contributed by atoms with Gasteiger partial charge in [0.05, 0.1) is 35.0 Å². The Hall–Kier alpha value is -2.08. The highest BCUT2D eigenvalue weighted by molar-refractivity contribution is 5.91. The number of benzene rings is 1. The summed E-state index contributed by atoms with van der Waals surface area (Å²) in [7, 11) is 0. The van der Waals surface area contributed by atoms with E-state index >= 15 is 0 Å². The SMILES string of the molecule is OCCNc1nc2cc3nc[nH]c3cc2[nH]1. The highest BCUT2D eigenvalue weighted by atomic mass is 16.3. The van der Waals surface area contributed by atoms with Crippen LogP contribution in [-0.4, -0.2) is 38.2 Å². The molecular formula is C10H11N5O. The molecule has 0 saturated carbocycles. The number of imidazole rings is 2. The minimum absolute atomic E-state index is 0.0827. The van der Waals surface area contributed by atoms with Gasteiger partial charge in [-0.15, -0.1) is 0 Å². The van der Waals surface area contributed by atoms with Crippen molar-refractivity contribution >= 4 is 28.0 Å². The number of nitrogens with one attached hydrogen (secondary N) is 3.